The second kappa shape index (κ2) is 19.7. The first-order chi connectivity index (χ1) is 33.7. The van der Waals surface area contributed by atoms with E-state index in [1.807, 2.05) is 12.1 Å². The number of nitrogens with zero attached hydrogens (tertiary/aromatic N) is 7. The molecule has 1 saturated carbocycles. The molecule has 2 saturated heterocycles. The summed E-state index contributed by atoms with van der Waals surface area (Å²) in [7, 11) is 1.69. The van der Waals surface area contributed by atoms with Crippen molar-refractivity contribution in [3.63, 3.8) is 0 Å². The van der Waals surface area contributed by atoms with Crippen LogP contribution in [0.15, 0.2) is 108 Å². The Bertz CT molecular complexity index is 3040. The second-order valence-corrected chi connectivity index (χ2v) is 19.7. The van der Waals surface area contributed by atoms with Crippen molar-refractivity contribution in [2.45, 2.75) is 95.7 Å². The minimum Gasteiger partial charge on any atom is -0.380 e. The van der Waals surface area contributed by atoms with Crippen LogP contribution in [-0.2, 0) is 53.5 Å². The number of imidazole rings is 1. The quantitative estimate of drug-likeness (QED) is 0.113. The van der Waals surface area contributed by atoms with E-state index in [0.717, 1.165) is 88.2 Å². The lowest BCUT2D eigenvalue weighted by molar-refractivity contribution is -0.136. The first-order valence-corrected chi connectivity index (χ1v) is 24.3. The van der Waals surface area contributed by atoms with Crippen LogP contribution in [0.25, 0.3) is 11.2 Å². The lowest BCUT2D eigenvalue weighted by Gasteiger charge is -2.34. The zero-order valence-corrected chi connectivity index (χ0v) is 39.1. The normalized spacial score (nSPS) is 20.0. The number of hydrogen-bond donors (Lipinski definition) is 1. The van der Waals surface area contributed by atoms with Crippen molar-refractivity contribution in [1.82, 2.24) is 28.6 Å². The maximum Gasteiger partial charge on any atom is 0.418 e. The molecule has 0 bridgehead atoms. The molecule has 3 fully saturated rings. The summed E-state index contributed by atoms with van der Waals surface area (Å²) < 4.78 is 54.0. The van der Waals surface area contributed by atoms with Crippen LogP contribution in [0.2, 0.25) is 0 Å². The third-order valence-electron chi connectivity index (χ3n) is 14.7. The Morgan fingerprint density at radius 2 is 1.64 bits per heavy atom. The molecule has 3 atom stereocenters. The SMILES string of the molecule is Cn1cnnc1[C@H](O)c1cccc(-n2cc3c(C(F)(F)F)cc(CN4CCC[C@H](OCc5ccc(CC6CCN(c7ccc8c(c7)CC(C[C@H]7CCC(=O)CC7=O)=CC8=O)CC6)cc5)C4)cn3c2=O)c1. The van der Waals surface area contributed by atoms with Crippen LogP contribution in [0, 0.1) is 11.8 Å². The van der Waals surface area contributed by atoms with Crippen molar-refractivity contribution < 1.29 is 37.4 Å². The number of pyridine rings is 1. The summed E-state index contributed by atoms with van der Waals surface area (Å²) >= 11 is 0. The van der Waals surface area contributed by atoms with Gasteiger partial charge in [0.15, 0.2) is 11.6 Å². The molecule has 2 aliphatic heterocycles. The highest BCUT2D eigenvalue weighted by Gasteiger charge is 2.35. The number of halogens is 3. The van der Waals surface area contributed by atoms with Crippen LogP contribution in [0.1, 0.15) is 107 Å². The molecule has 16 heteroatoms. The van der Waals surface area contributed by atoms with E-state index in [0.29, 0.717) is 68.1 Å². The summed E-state index contributed by atoms with van der Waals surface area (Å²) in [6, 6.07) is 22.3. The number of benzene rings is 3. The number of anilines is 1. The summed E-state index contributed by atoms with van der Waals surface area (Å²) in [5.41, 5.74) is 5.39. The molecule has 5 heterocycles. The van der Waals surface area contributed by atoms with E-state index in [9.17, 15) is 37.5 Å². The van der Waals surface area contributed by atoms with Gasteiger partial charge in [0.25, 0.3) is 0 Å². The molecular formula is C54H56F3N7O6. The Hall–Kier alpha value is -6.49. The molecule has 13 nitrogen and oxygen atoms in total. The van der Waals surface area contributed by atoms with E-state index in [4.69, 9.17) is 4.74 Å². The van der Waals surface area contributed by atoms with E-state index in [1.165, 1.54) is 24.3 Å². The molecule has 70 heavy (non-hydrogen) atoms. The van der Waals surface area contributed by atoms with Crippen LogP contribution in [0.5, 0.6) is 0 Å². The average molecular weight is 956 g/mol. The molecule has 0 unspecified atom stereocenters. The Kier molecular flexibility index (Phi) is 13.3. The maximum absolute atomic E-state index is 14.6. The van der Waals surface area contributed by atoms with Crippen LogP contribution >= 0.6 is 0 Å². The predicted octanol–water partition coefficient (Wildman–Crippen LogP) is 7.95. The van der Waals surface area contributed by atoms with Crippen molar-refractivity contribution in [3.8, 4) is 5.69 Å². The number of likely N-dealkylation sites (tertiary alicyclic amines) is 1. The third kappa shape index (κ3) is 10.2. The number of aliphatic hydroxyl groups is 1. The molecule has 364 valence electrons. The van der Waals surface area contributed by atoms with Gasteiger partial charge in [-0.2, -0.15) is 13.2 Å². The van der Waals surface area contributed by atoms with Gasteiger partial charge in [-0.15, -0.1) is 10.2 Å². The monoisotopic (exact) mass is 955 g/mol. The summed E-state index contributed by atoms with van der Waals surface area (Å²) in [4.78, 5) is 55.5. The van der Waals surface area contributed by atoms with E-state index < -0.39 is 23.5 Å². The van der Waals surface area contributed by atoms with Gasteiger partial charge in [0.1, 0.15) is 24.0 Å². The van der Waals surface area contributed by atoms with Crippen LogP contribution in [-0.4, -0.2) is 83.4 Å². The predicted molar refractivity (Wildman–Crippen MR) is 256 cm³/mol. The molecule has 3 aromatic carbocycles. The van der Waals surface area contributed by atoms with Gasteiger partial charge >= 0.3 is 11.9 Å². The smallest absolute Gasteiger partial charge is 0.380 e. The van der Waals surface area contributed by atoms with E-state index >= 15 is 0 Å². The molecule has 0 spiro atoms. The zero-order chi connectivity index (χ0) is 48.7. The fraction of sp³-hybridized carbons (Fsp3) is 0.407. The number of piperidine rings is 2. The number of aryl methyl sites for hydroxylation is 1. The Labute approximate surface area is 403 Å². The summed E-state index contributed by atoms with van der Waals surface area (Å²) in [5, 5.41) is 18.7. The van der Waals surface area contributed by atoms with E-state index in [-0.39, 0.29) is 53.7 Å². The molecule has 3 aromatic heterocycles. The molecule has 0 amide bonds. The second-order valence-electron chi connectivity index (χ2n) is 19.7. The Balaban J connectivity index is 0.718. The Morgan fingerprint density at radius 1 is 0.843 bits per heavy atom. The lowest BCUT2D eigenvalue weighted by Crippen LogP contribution is -2.39. The number of ether oxygens (including phenoxy) is 1. The number of allylic oxidation sites excluding steroid dienone is 2. The topological polar surface area (TPSA) is 144 Å². The summed E-state index contributed by atoms with van der Waals surface area (Å²) in [6.07, 6.45) is 6.79. The van der Waals surface area contributed by atoms with Gasteiger partial charge in [0, 0.05) is 69.2 Å². The molecule has 2 aliphatic carbocycles. The highest BCUT2D eigenvalue weighted by Crippen LogP contribution is 2.36. The number of carbonyl (C=O) groups excluding carboxylic acids is 3. The average Bonchev–Trinajstić information content (AvgIpc) is 3.93. The molecular weight excluding hydrogens is 900 g/mol. The molecule has 0 radical (unpaired) electrons. The molecule has 10 rings (SSSR count). The van der Waals surface area contributed by atoms with E-state index in [1.54, 1.807) is 42.0 Å². The summed E-state index contributed by atoms with van der Waals surface area (Å²) in [5.74, 6) is 0.636. The molecule has 6 aromatic rings. The third-order valence-corrected chi connectivity index (χ3v) is 14.7. The molecule has 1 N–H and O–H groups in total. The number of hydrogen-bond acceptors (Lipinski definition) is 10. The lowest BCUT2D eigenvalue weighted by atomic mass is 9.79. The number of alkyl halides is 3. The van der Waals surface area contributed by atoms with Gasteiger partial charge in [0.2, 0.25) is 0 Å². The van der Waals surface area contributed by atoms with E-state index in [2.05, 4.69) is 50.3 Å². The van der Waals surface area contributed by atoms with Gasteiger partial charge in [-0.25, -0.2) is 4.79 Å². The van der Waals surface area contributed by atoms with Gasteiger partial charge in [0.05, 0.1) is 35.9 Å². The van der Waals surface area contributed by atoms with Gasteiger partial charge < -0.3 is 19.3 Å². The number of rotatable bonds is 13. The van der Waals surface area contributed by atoms with Crippen molar-refractivity contribution in [1.29, 1.82) is 0 Å². The first-order valence-electron chi connectivity index (χ1n) is 24.3. The highest BCUT2D eigenvalue weighted by molar-refractivity contribution is 6.08. The van der Waals surface area contributed by atoms with Crippen LogP contribution in [0.4, 0.5) is 18.9 Å². The number of fused-ring (bicyclic) bond motifs is 2. The number of aliphatic hydroxyl groups excluding tert-OH is 1. The standard InChI is InChI=1S/C54H56F3N7O6/c1-60-33-58-59-52(60)51(68)40-4-2-5-43(25-40)63-31-48-47(54(55,56)57)23-38(29-64(48)53(63)69)28-61-17-3-6-45(30-61)70-32-36-9-7-34(8-10-36)20-35-15-18-62(19-16-35)42-12-14-46-41(26-42)22-37(24-50(46)67)21-39-11-13-44(65)27-49(39)66/h2,4-5,7-10,12,14,23-26,29,31,33,35,39,45,51,68H,3,6,11,13,15-22,27-28,30,32H2,1H3/t39-,45+,51-/m1/s1. The number of Topliss-reactive ketones (excluding diaryl/α,β-unsaturated/α-hetero) is 2. The van der Waals surface area contributed by atoms with Crippen LogP contribution < -0.4 is 10.6 Å². The largest absolute Gasteiger partial charge is 0.418 e. The van der Waals surface area contributed by atoms with Gasteiger partial charge in [-0.05, 0) is 134 Å². The van der Waals surface area contributed by atoms with Crippen molar-refractivity contribution in [2.24, 2.45) is 18.9 Å². The van der Waals surface area contributed by atoms with Crippen molar-refractivity contribution in [3.05, 3.63) is 158 Å². The van der Waals surface area contributed by atoms with Crippen molar-refractivity contribution in [2.75, 3.05) is 31.1 Å². The zero-order valence-electron chi connectivity index (χ0n) is 39.1. The highest BCUT2D eigenvalue weighted by atomic mass is 19.4. The number of ketones is 3. The van der Waals surface area contributed by atoms with Gasteiger partial charge in [-0.1, -0.05) is 42.0 Å². The minimum atomic E-state index is -4.72. The minimum absolute atomic E-state index is 0.00318. The number of carbonyl (C=O) groups is 3. The summed E-state index contributed by atoms with van der Waals surface area (Å²) in [6.45, 7) is 3.71. The fourth-order valence-corrected chi connectivity index (χ4v) is 10.9. The fourth-order valence-electron chi connectivity index (χ4n) is 10.9. The maximum atomic E-state index is 14.6. The number of aromatic nitrogens is 5. The molecule has 4 aliphatic rings. The van der Waals surface area contributed by atoms with Gasteiger partial charge in [-0.3, -0.25) is 28.3 Å². The van der Waals surface area contributed by atoms with Crippen LogP contribution in [0.3, 0.4) is 0 Å². The first kappa shape index (κ1) is 47.2. The Morgan fingerprint density at radius 3 is 2.40 bits per heavy atom. The van der Waals surface area contributed by atoms with Crippen molar-refractivity contribution >= 4 is 28.6 Å².